The molecular weight excluding hydrogens is 312 g/mol. The Hall–Kier alpha value is -2.34. The molecule has 2 aliphatic rings. The van der Waals surface area contributed by atoms with Crippen LogP contribution in [0.25, 0.3) is 0 Å². The maximum Gasteiger partial charge on any atom is 0.257 e. The van der Waals surface area contributed by atoms with Crippen molar-refractivity contribution in [1.29, 1.82) is 0 Å². The number of carbonyl (C=O) groups is 1. The van der Waals surface area contributed by atoms with Crippen molar-refractivity contribution >= 4 is 5.91 Å². The summed E-state index contributed by atoms with van der Waals surface area (Å²) >= 11 is 0. The Kier molecular flexibility index (Phi) is 3.76. The highest BCUT2D eigenvalue weighted by Gasteiger charge is 2.47. The van der Waals surface area contributed by atoms with Gasteiger partial charge in [0.2, 0.25) is 0 Å². The summed E-state index contributed by atoms with van der Waals surface area (Å²) in [6, 6.07) is 7.48. The molecule has 24 heavy (non-hydrogen) atoms. The van der Waals surface area contributed by atoms with E-state index >= 15 is 0 Å². The molecule has 4 rings (SSSR count). The van der Waals surface area contributed by atoms with Gasteiger partial charge in [0.1, 0.15) is 5.82 Å². The van der Waals surface area contributed by atoms with Gasteiger partial charge in [-0.05, 0) is 29.7 Å². The van der Waals surface area contributed by atoms with Gasteiger partial charge in [0.15, 0.2) is 5.82 Å². The first-order chi connectivity index (χ1) is 11.6. The Labute approximate surface area is 138 Å². The van der Waals surface area contributed by atoms with Crippen molar-refractivity contribution in [2.75, 3.05) is 19.6 Å². The molecule has 0 bridgehead atoms. The molecule has 0 unspecified atom stereocenters. The van der Waals surface area contributed by atoms with Gasteiger partial charge in [0.05, 0.1) is 17.8 Å². The number of likely N-dealkylation sites (tertiary alicyclic amines) is 1. The maximum atomic E-state index is 14.0. The number of nitrogens with zero attached hydrogens (tertiary/aromatic N) is 2. The molecule has 0 spiro atoms. The molecule has 4 nitrogen and oxygen atoms in total. The van der Waals surface area contributed by atoms with Gasteiger partial charge in [-0.1, -0.05) is 12.1 Å². The topological polar surface area (TPSA) is 45.2 Å². The molecule has 2 saturated heterocycles. The van der Waals surface area contributed by atoms with E-state index in [-0.39, 0.29) is 29.2 Å². The Morgan fingerprint density at radius 1 is 1.25 bits per heavy atom. The summed E-state index contributed by atoms with van der Waals surface area (Å²) in [5.74, 6) is -0.814. The van der Waals surface area contributed by atoms with Crippen LogP contribution in [0, 0.1) is 23.5 Å². The number of hydrogen-bond acceptors (Lipinski definition) is 3. The minimum atomic E-state index is -0.629. The zero-order valence-electron chi connectivity index (χ0n) is 13.0. The van der Waals surface area contributed by atoms with Crippen LogP contribution in [0.15, 0.2) is 42.7 Å². The van der Waals surface area contributed by atoms with Gasteiger partial charge in [-0.25, -0.2) is 8.78 Å². The highest BCUT2D eigenvalue weighted by atomic mass is 19.1. The lowest BCUT2D eigenvalue weighted by Crippen LogP contribution is -2.35. The molecule has 0 saturated carbocycles. The average molecular weight is 329 g/mol. The summed E-state index contributed by atoms with van der Waals surface area (Å²) < 4.78 is 27.7. The second kappa shape index (κ2) is 5.94. The van der Waals surface area contributed by atoms with E-state index in [0.29, 0.717) is 12.5 Å². The molecule has 6 heteroatoms. The summed E-state index contributed by atoms with van der Waals surface area (Å²) in [4.78, 5) is 18.3. The van der Waals surface area contributed by atoms with Crippen LogP contribution in [0.1, 0.15) is 22.0 Å². The van der Waals surface area contributed by atoms with Crippen LogP contribution in [0.3, 0.4) is 0 Å². The zero-order chi connectivity index (χ0) is 16.7. The third-order valence-corrected chi connectivity index (χ3v) is 5.02. The van der Waals surface area contributed by atoms with Crippen molar-refractivity contribution < 1.29 is 13.6 Å². The molecule has 2 aromatic rings. The first-order valence-corrected chi connectivity index (χ1v) is 8.02. The molecule has 1 aromatic heterocycles. The normalized spacial score (nSPS) is 25.8. The predicted molar refractivity (Wildman–Crippen MR) is 84.2 cm³/mol. The van der Waals surface area contributed by atoms with Crippen LogP contribution in [-0.2, 0) is 0 Å². The van der Waals surface area contributed by atoms with E-state index in [1.165, 1.54) is 24.4 Å². The molecule has 1 N–H and O–H groups in total. The Morgan fingerprint density at radius 2 is 2.12 bits per heavy atom. The largest absolute Gasteiger partial charge is 0.331 e. The fourth-order valence-corrected chi connectivity index (χ4v) is 3.95. The third kappa shape index (κ3) is 2.47. The maximum absolute atomic E-state index is 14.0. The van der Waals surface area contributed by atoms with Crippen LogP contribution in [-0.4, -0.2) is 35.4 Å². The lowest BCUT2D eigenvalue weighted by atomic mass is 9.89. The van der Waals surface area contributed by atoms with Gasteiger partial charge in [-0.15, -0.1) is 0 Å². The lowest BCUT2D eigenvalue weighted by molar-refractivity contribution is 0.0708. The smallest absolute Gasteiger partial charge is 0.257 e. The molecule has 3 heterocycles. The van der Waals surface area contributed by atoms with Crippen molar-refractivity contribution in [3.8, 4) is 0 Å². The molecular formula is C18H17F2N3O. The molecule has 124 valence electrons. The molecule has 3 atom stereocenters. The minimum Gasteiger partial charge on any atom is -0.331 e. The van der Waals surface area contributed by atoms with Gasteiger partial charge in [0, 0.05) is 31.7 Å². The number of fused-ring (bicyclic) bond motifs is 1. The molecule has 2 fully saturated rings. The van der Waals surface area contributed by atoms with Crippen LogP contribution in [0.2, 0.25) is 0 Å². The molecule has 0 aliphatic carbocycles. The summed E-state index contributed by atoms with van der Waals surface area (Å²) in [5.41, 5.74) is 0.772. The number of pyridine rings is 1. The first kappa shape index (κ1) is 15.2. The number of hydrogen-bond donors (Lipinski definition) is 1. The Bertz CT molecular complexity index is 782. The van der Waals surface area contributed by atoms with Crippen molar-refractivity contribution in [3.05, 3.63) is 65.5 Å². The minimum absolute atomic E-state index is 0.0133. The Balaban J connectivity index is 1.73. The number of carbonyl (C=O) groups excluding carboxylic acids is 1. The predicted octanol–water partition coefficient (Wildman–Crippen LogP) is 2.39. The third-order valence-electron chi connectivity index (χ3n) is 5.02. The highest BCUT2D eigenvalue weighted by Crippen LogP contribution is 2.43. The van der Waals surface area contributed by atoms with E-state index in [0.717, 1.165) is 24.8 Å². The summed E-state index contributed by atoms with van der Waals surface area (Å²) in [6.07, 6.45) is 2.45. The van der Waals surface area contributed by atoms with Gasteiger partial charge < -0.3 is 10.2 Å². The van der Waals surface area contributed by atoms with E-state index in [1.54, 1.807) is 11.0 Å². The fraction of sp³-hybridized carbons (Fsp3) is 0.333. The van der Waals surface area contributed by atoms with Crippen LogP contribution in [0.5, 0.6) is 0 Å². The number of amides is 1. The number of aromatic nitrogens is 1. The lowest BCUT2D eigenvalue weighted by Gasteiger charge is -2.28. The summed E-state index contributed by atoms with van der Waals surface area (Å²) in [7, 11) is 0. The second-order valence-electron chi connectivity index (χ2n) is 6.40. The second-order valence-corrected chi connectivity index (χ2v) is 6.40. The van der Waals surface area contributed by atoms with Crippen molar-refractivity contribution in [2.24, 2.45) is 11.8 Å². The van der Waals surface area contributed by atoms with Crippen LogP contribution >= 0.6 is 0 Å². The van der Waals surface area contributed by atoms with Crippen molar-refractivity contribution in [1.82, 2.24) is 15.2 Å². The number of rotatable bonds is 2. The Morgan fingerprint density at radius 3 is 2.92 bits per heavy atom. The average Bonchev–Trinajstić information content (AvgIpc) is 3.15. The van der Waals surface area contributed by atoms with Crippen LogP contribution < -0.4 is 5.32 Å². The van der Waals surface area contributed by atoms with E-state index < -0.39 is 5.82 Å². The van der Waals surface area contributed by atoms with Crippen LogP contribution in [0.4, 0.5) is 8.78 Å². The van der Waals surface area contributed by atoms with Gasteiger partial charge >= 0.3 is 0 Å². The number of nitrogens with one attached hydrogen (secondary N) is 1. The number of benzene rings is 1. The molecule has 1 aromatic carbocycles. The molecule has 2 aliphatic heterocycles. The van der Waals surface area contributed by atoms with E-state index in [2.05, 4.69) is 10.3 Å². The number of halogens is 2. The highest BCUT2D eigenvalue weighted by molar-refractivity contribution is 5.95. The monoisotopic (exact) mass is 329 g/mol. The zero-order valence-corrected chi connectivity index (χ0v) is 13.0. The fourth-order valence-electron chi connectivity index (χ4n) is 3.95. The summed E-state index contributed by atoms with van der Waals surface area (Å²) in [5, 5.41) is 3.33. The van der Waals surface area contributed by atoms with E-state index in [1.807, 2.05) is 6.07 Å². The summed E-state index contributed by atoms with van der Waals surface area (Å²) in [6.45, 7) is 2.13. The first-order valence-electron chi connectivity index (χ1n) is 8.02. The van der Waals surface area contributed by atoms with Gasteiger partial charge in [-0.3, -0.25) is 9.78 Å². The molecule has 1 amide bonds. The van der Waals surface area contributed by atoms with Crippen molar-refractivity contribution in [3.63, 3.8) is 0 Å². The molecule has 0 radical (unpaired) electrons. The van der Waals surface area contributed by atoms with E-state index in [9.17, 15) is 13.6 Å². The van der Waals surface area contributed by atoms with Gasteiger partial charge in [-0.2, -0.15) is 0 Å². The van der Waals surface area contributed by atoms with E-state index in [4.69, 9.17) is 0 Å². The quantitative estimate of drug-likeness (QED) is 0.920. The SMILES string of the molecule is O=C(c1ccncc1F)N1C[C@@H]2CNC[C@@H]2[C@H]1c1cccc(F)c1. The standard InChI is InChI=1S/C18H17F2N3O/c19-13-3-1-2-11(6-13)17-15-8-22-7-12(15)10-23(17)18(24)14-4-5-21-9-16(14)20/h1-6,9,12,15,17,22H,7-8,10H2/t12-,15-,17+/m0/s1. The van der Waals surface area contributed by atoms with Gasteiger partial charge in [0.25, 0.3) is 5.91 Å². The van der Waals surface area contributed by atoms with Crippen molar-refractivity contribution in [2.45, 2.75) is 6.04 Å².